The quantitative estimate of drug-likeness (QED) is 0.0321. The predicted octanol–water partition coefficient (Wildman–Crippen LogP) is -5.10. The van der Waals surface area contributed by atoms with Crippen molar-refractivity contribution in [3.05, 3.63) is 33.4 Å². The van der Waals surface area contributed by atoms with E-state index in [1.54, 1.807) is 0 Å². The van der Waals surface area contributed by atoms with Gasteiger partial charge in [0.05, 0.1) is 33.2 Å². The average Bonchev–Trinajstić information content (AvgIpc) is 3.74. The van der Waals surface area contributed by atoms with E-state index in [1.807, 2.05) is 0 Å². The van der Waals surface area contributed by atoms with E-state index in [-0.39, 0.29) is 34.2 Å². The summed E-state index contributed by atoms with van der Waals surface area (Å²) in [7, 11) is -8.62. The SMILES string of the molecule is Cn1c[n+]([C@@H]2O[C@H](COP(=O)(S)OP(=O)([O-])CP(=O)([O-])OP(O)(=S)OC[C@H]3O[C@@H]([n+]4cn(C)c5c(=O)[nH]c(N)nc54)[C@H](O)[C@@H]3O)[C@@H](O)[C@H]2O)c2nc(N)[nH]c(=O)c21. The Kier molecular flexibility index (Phi) is 12.2. The Morgan fingerprint density at radius 3 is 1.67 bits per heavy atom. The maximum absolute atomic E-state index is 12.9. The maximum Gasteiger partial charge on any atom is 0.391 e. The highest BCUT2D eigenvalue weighted by atomic mass is 32.7. The number of aromatic amines is 2. The molecule has 6 rings (SSSR count). The summed E-state index contributed by atoms with van der Waals surface area (Å²) in [5.41, 5.74) is 9.96. The zero-order valence-electron chi connectivity index (χ0n) is 28.9. The van der Waals surface area contributed by atoms with E-state index in [2.05, 4.69) is 52.6 Å². The van der Waals surface area contributed by atoms with Crippen LogP contribution in [0.15, 0.2) is 22.2 Å². The third-order valence-corrected chi connectivity index (χ3v) is 17.7. The lowest BCUT2D eigenvalue weighted by Crippen LogP contribution is -2.46. The van der Waals surface area contributed by atoms with Crippen molar-refractivity contribution >= 4 is 87.0 Å². The molecule has 4 unspecified atom stereocenters. The highest BCUT2D eigenvalue weighted by Crippen LogP contribution is 2.69. The number of aromatic nitrogens is 8. The summed E-state index contributed by atoms with van der Waals surface area (Å²) in [6.07, 6.45) is -10.2. The standard InChI is InChI=1S/C23H34N10O18P4S2/c1-30-5-32(16-10(30)18(38)28-22(24)26-16)20-14(36)12(34)8(48-20)3-46-54(44,56)50-52(40,41)7-53(42,43)51-55(45,57)47-4-9-13(35)15(37)21(49-9)33-6-31(2)11-17(33)27-23(25)29-19(11)39/h5-6,8-9,12-15,20-21,34-37H,3-4,7H2,1-2H3,(H8-2,24,25,26,27,28,29,38,39,40,41,42,43,44,45,56,57)/t8-,9-,12-,13-,14-,15-,20-,21-,54?,55?/m1/s1. The van der Waals surface area contributed by atoms with Gasteiger partial charge < -0.3 is 69.7 Å². The third-order valence-electron chi connectivity index (χ3n) is 8.41. The maximum atomic E-state index is 12.9. The van der Waals surface area contributed by atoms with E-state index in [9.17, 15) is 58.4 Å². The molecule has 0 spiro atoms. The lowest BCUT2D eigenvalue weighted by molar-refractivity contribution is -0.746. The lowest BCUT2D eigenvalue weighted by Gasteiger charge is -2.33. The zero-order valence-corrected chi connectivity index (χ0v) is 34.2. The van der Waals surface area contributed by atoms with E-state index >= 15 is 0 Å². The van der Waals surface area contributed by atoms with Gasteiger partial charge in [0.25, 0.3) is 23.0 Å². The topological polar surface area (TPSA) is 415 Å². The highest BCUT2D eigenvalue weighted by Gasteiger charge is 2.49. The number of aliphatic hydroxyl groups is 4. The van der Waals surface area contributed by atoms with Gasteiger partial charge in [0.15, 0.2) is 27.8 Å². The van der Waals surface area contributed by atoms with Gasteiger partial charge in [-0.25, -0.2) is 13.7 Å². The molecule has 0 aromatic carbocycles. The Labute approximate surface area is 327 Å². The molecular weight excluding hydrogens is 892 g/mol. The van der Waals surface area contributed by atoms with Crippen molar-refractivity contribution < 1.29 is 85.1 Å². The largest absolute Gasteiger partial charge is 0.778 e. The van der Waals surface area contributed by atoms with Gasteiger partial charge in [-0.2, -0.15) is 0 Å². The molecule has 4 aromatic heterocycles. The van der Waals surface area contributed by atoms with Gasteiger partial charge in [-0.05, 0) is 11.8 Å². The number of nitrogen functional groups attached to an aromatic ring is 2. The lowest BCUT2D eigenvalue weighted by atomic mass is 10.1. The Hall–Kier alpha value is -2.53. The van der Waals surface area contributed by atoms with Crippen molar-refractivity contribution in [2.45, 2.75) is 49.1 Å². The molecule has 4 aromatic rings. The minimum Gasteiger partial charge on any atom is -0.778 e. The normalized spacial score (nSPS) is 29.6. The van der Waals surface area contributed by atoms with E-state index in [4.69, 9.17) is 30.0 Å². The third kappa shape index (κ3) is 9.29. The molecule has 2 saturated heterocycles. The van der Waals surface area contributed by atoms with Gasteiger partial charge in [-0.1, -0.05) is 22.2 Å². The molecule has 0 amide bonds. The van der Waals surface area contributed by atoms with Crippen LogP contribution in [-0.4, -0.2) is 110 Å². The van der Waals surface area contributed by atoms with Crippen LogP contribution in [0.1, 0.15) is 12.5 Å². The average molecular weight is 927 g/mol. The Bertz CT molecular complexity index is 2370. The Morgan fingerprint density at radius 1 is 0.825 bits per heavy atom. The molecule has 11 N–H and O–H groups in total. The Morgan fingerprint density at radius 2 is 1.23 bits per heavy atom. The molecule has 316 valence electrons. The smallest absolute Gasteiger partial charge is 0.391 e. The molecule has 2 aliphatic rings. The van der Waals surface area contributed by atoms with Crippen LogP contribution in [0, 0.1) is 0 Å². The summed E-state index contributed by atoms with van der Waals surface area (Å²) in [6.45, 7) is -11.8. The molecule has 28 nitrogen and oxygen atoms in total. The molecule has 34 heteroatoms. The fourth-order valence-corrected chi connectivity index (χ4v) is 15.0. The second-order valence-corrected chi connectivity index (χ2v) is 22.8. The van der Waals surface area contributed by atoms with Crippen LogP contribution in [0.3, 0.4) is 0 Å². The fourth-order valence-electron chi connectivity index (χ4n) is 6.06. The van der Waals surface area contributed by atoms with Crippen LogP contribution < -0.4 is 41.5 Å². The number of rotatable bonds is 14. The van der Waals surface area contributed by atoms with Crippen LogP contribution in [0.4, 0.5) is 11.9 Å². The minimum absolute atomic E-state index is 0.0214. The molecule has 6 heterocycles. The number of aliphatic hydroxyl groups excluding tert-OH is 4. The Balaban J connectivity index is 1.04. The number of imidazole rings is 2. The predicted molar refractivity (Wildman–Crippen MR) is 191 cm³/mol. The van der Waals surface area contributed by atoms with E-state index in [0.29, 0.717) is 0 Å². The van der Waals surface area contributed by atoms with Crippen LogP contribution in [-0.2, 0) is 66.7 Å². The van der Waals surface area contributed by atoms with Gasteiger partial charge in [-0.15, -0.1) is 0 Å². The molecule has 0 bridgehead atoms. The number of hydrogen-bond donors (Lipinski definition) is 10. The number of anilines is 2. The number of thiol groups is 1. The van der Waals surface area contributed by atoms with Crippen molar-refractivity contribution in [1.29, 1.82) is 0 Å². The summed E-state index contributed by atoms with van der Waals surface area (Å²) >= 11 is 8.21. The van der Waals surface area contributed by atoms with Crippen LogP contribution in [0.25, 0.3) is 22.3 Å². The number of ether oxygens (including phenoxy) is 2. The first-order valence-corrected chi connectivity index (χ1v) is 24.6. The monoisotopic (exact) mass is 926 g/mol. The van der Waals surface area contributed by atoms with Gasteiger partial charge in [0.2, 0.25) is 23.5 Å². The number of nitrogens with two attached hydrogens (primary N) is 2. The molecule has 2 fully saturated rings. The first kappa shape index (κ1) is 44.0. The van der Waals surface area contributed by atoms with E-state index in [0.717, 1.165) is 0 Å². The van der Waals surface area contributed by atoms with Crippen LogP contribution in [0.2, 0.25) is 0 Å². The molecule has 12 atom stereocenters. The second kappa shape index (κ2) is 15.8. The summed E-state index contributed by atoms with van der Waals surface area (Å²) in [6, 6.07) is 0. The summed E-state index contributed by atoms with van der Waals surface area (Å²) in [4.78, 5) is 73.1. The second-order valence-electron chi connectivity index (χ2n) is 12.7. The van der Waals surface area contributed by atoms with Gasteiger partial charge in [0.1, 0.15) is 36.6 Å². The van der Waals surface area contributed by atoms with Gasteiger partial charge >= 0.3 is 24.8 Å². The zero-order chi connectivity index (χ0) is 42.2. The summed E-state index contributed by atoms with van der Waals surface area (Å²) in [5.74, 6) is -2.61. The first-order chi connectivity index (χ1) is 26.3. The number of hydrogen-bond acceptors (Lipinski definition) is 22. The number of fused-ring (bicyclic) bond motifs is 2. The van der Waals surface area contributed by atoms with Gasteiger partial charge in [0, 0.05) is 0 Å². The summed E-state index contributed by atoms with van der Waals surface area (Å²) in [5, 5.41) is 42.5. The number of nitrogens with one attached hydrogen (secondary N) is 2. The number of H-pyrrole nitrogens is 2. The molecular formula is C23H34N10O18P4S2. The first-order valence-electron chi connectivity index (χ1n) is 15.8. The molecule has 0 radical (unpaired) electrons. The van der Waals surface area contributed by atoms with E-state index in [1.165, 1.54) is 45.0 Å². The van der Waals surface area contributed by atoms with Crippen molar-refractivity contribution in [2.24, 2.45) is 14.1 Å². The van der Waals surface area contributed by atoms with Crippen molar-refractivity contribution in [3.63, 3.8) is 0 Å². The number of nitrogens with zero attached hydrogens (tertiary/aromatic N) is 6. The van der Waals surface area contributed by atoms with Crippen molar-refractivity contribution in [3.8, 4) is 0 Å². The molecule has 0 aliphatic carbocycles. The molecule has 2 aliphatic heterocycles. The van der Waals surface area contributed by atoms with Crippen LogP contribution in [0.5, 0.6) is 0 Å². The van der Waals surface area contributed by atoms with Crippen molar-refractivity contribution in [2.75, 3.05) is 30.6 Å². The fraction of sp³-hybridized carbons (Fsp3) is 0.565. The highest BCUT2D eigenvalue weighted by molar-refractivity contribution is 8.45. The summed E-state index contributed by atoms with van der Waals surface area (Å²) < 4.78 is 73.1. The molecule has 0 saturated carbocycles. The van der Waals surface area contributed by atoms with Crippen molar-refractivity contribution in [1.82, 2.24) is 29.1 Å². The van der Waals surface area contributed by atoms with Gasteiger partial charge in [-0.3, -0.25) is 41.8 Å². The minimum atomic E-state index is -5.79. The van der Waals surface area contributed by atoms with Crippen LogP contribution >= 0.6 is 41.0 Å². The molecule has 57 heavy (non-hydrogen) atoms. The number of aryl methyl sites for hydroxylation is 2. The van der Waals surface area contributed by atoms with E-state index < -0.39 is 108 Å².